The van der Waals surface area contributed by atoms with Crippen molar-refractivity contribution >= 4 is 20.7 Å². The monoisotopic (exact) mass is 346 g/mol. The number of likely N-dealkylation sites (tertiary alicyclic amines) is 1. The van der Waals surface area contributed by atoms with Crippen LogP contribution in [0.3, 0.4) is 0 Å². The van der Waals surface area contributed by atoms with Gasteiger partial charge in [-0.05, 0) is 69.3 Å². The van der Waals surface area contributed by atoms with E-state index in [-0.39, 0.29) is 0 Å². The Morgan fingerprint density at radius 3 is 2.58 bits per heavy atom. The summed E-state index contributed by atoms with van der Waals surface area (Å²) in [6.45, 7) is 1.14. The normalized spacial score (nSPS) is 23.0. The average Bonchev–Trinajstić information content (AvgIpc) is 3.01. The highest BCUT2D eigenvalue weighted by molar-refractivity contribution is 7.91. The first-order valence-electron chi connectivity index (χ1n) is 8.99. The number of sulfone groups is 1. The first kappa shape index (κ1) is 16.2. The molecule has 1 aromatic carbocycles. The molecule has 0 spiro atoms. The Bertz CT molecular complexity index is 865. The molecule has 2 heterocycles. The van der Waals surface area contributed by atoms with E-state index < -0.39 is 9.84 Å². The van der Waals surface area contributed by atoms with Crippen LogP contribution in [0.25, 0.3) is 10.9 Å². The molecule has 1 aliphatic heterocycles. The Morgan fingerprint density at radius 1 is 1.21 bits per heavy atom. The van der Waals surface area contributed by atoms with E-state index in [2.05, 4.69) is 16.9 Å². The predicted octanol–water partition coefficient (Wildman–Crippen LogP) is 3.48. The molecule has 0 radical (unpaired) electrons. The van der Waals surface area contributed by atoms with Crippen molar-refractivity contribution < 1.29 is 8.42 Å². The molecule has 0 bridgehead atoms. The van der Waals surface area contributed by atoms with Crippen molar-refractivity contribution in [3.63, 3.8) is 0 Å². The number of likely N-dealkylation sites (N-methyl/N-ethyl adjacent to an activating group) is 1. The standard InChI is InChI=1S/C19H26N2O2S/c1-21-11-5-8-14(21)12-15-18-16(20-19(15)13-6-3-7-13)9-4-10-17(18)24(2,22)23/h4,9-10,13-14,20H,3,5-8,11-12H2,1-2H3/t14-/m1/s1. The lowest BCUT2D eigenvalue weighted by Crippen LogP contribution is -2.27. The summed E-state index contributed by atoms with van der Waals surface area (Å²) in [5.41, 5.74) is 3.54. The van der Waals surface area contributed by atoms with E-state index in [0.717, 1.165) is 23.9 Å². The highest BCUT2D eigenvalue weighted by Gasteiger charge is 2.30. The lowest BCUT2D eigenvalue weighted by Gasteiger charge is -2.27. The molecule has 4 nitrogen and oxygen atoms in total. The topological polar surface area (TPSA) is 53.2 Å². The minimum Gasteiger partial charge on any atom is -0.358 e. The maximum Gasteiger partial charge on any atom is 0.176 e. The molecule has 4 rings (SSSR count). The Hall–Kier alpha value is -1.33. The molecule has 24 heavy (non-hydrogen) atoms. The van der Waals surface area contributed by atoms with Gasteiger partial charge in [-0.25, -0.2) is 8.42 Å². The van der Waals surface area contributed by atoms with Crippen molar-refractivity contribution in [1.82, 2.24) is 9.88 Å². The fourth-order valence-corrected chi connectivity index (χ4v) is 5.27. The third kappa shape index (κ3) is 2.68. The number of H-pyrrole nitrogens is 1. The van der Waals surface area contributed by atoms with E-state index in [1.165, 1.54) is 49.6 Å². The van der Waals surface area contributed by atoms with Crippen LogP contribution in [0.5, 0.6) is 0 Å². The van der Waals surface area contributed by atoms with E-state index in [1.807, 2.05) is 12.1 Å². The summed E-state index contributed by atoms with van der Waals surface area (Å²) in [5.74, 6) is 0.575. The van der Waals surface area contributed by atoms with Gasteiger partial charge in [0.05, 0.1) is 4.90 Å². The third-order valence-corrected chi connectivity index (χ3v) is 7.09. The van der Waals surface area contributed by atoms with Crippen molar-refractivity contribution in [2.45, 2.75) is 55.4 Å². The summed E-state index contributed by atoms with van der Waals surface area (Å²) in [6, 6.07) is 6.16. The van der Waals surface area contributed by atoms with Crippen molar-refractivity contribution in [3.05, 3.63) is 29.5 Å². The van der Waals surface area contributed by atoms with Gasteiger partial charge in [-0.2, -0.15) is 0 Å². The summed E-state index contributed by atoms with van der Waals surface area (Å²) in [6.07, 6.45) is 8.43. The Kier molecular flexibility index (Phi) is 3.96. The average molecular weight is 346 g/mol. The Labute approximate surface area is 144 Å². The van der Waals surface area contributed by atoms with E-state index in [0.29, 0.717) is 16.9 Å². The largest absolute Gasteiger partial charge is 0.358 e. The summed E-state index contributed by atoms with van der Waals surface area (Å²) in [4.78, 5) is 6.49. The van der Waals surface area contributed by atoms with Gasteiger partial charge < -0.3 is 9.88 Å². The molecule has 2 aliphatic rings. The molecule has 1 aromatic heterocycles. The molecule has 130 valence electrons. The van der Waals surface area contributed by atoms with Crippen LogP contribution in [0.15, 0.2) is 23.1 Å². The summed E-state index contributed by atoms with van der Waals surface area (Å²) in [5, 5.41) is 0.946. The minimum atomic E-state index is -3.23. The SMILES string of the molecule is CN1CCC[C@@H]1Cc1c(C2CCC2)[nH]c2cccc(S(C)(=O)=O)c12. The number of aromatic nitrogens is 1. The molecule has 5 heteroatoms. The van der Waals surface area contributed by atoms with Gasteiger partial charge in [0.25, 0.3) is 0 Å². The second kappa shape index (κ2) is 5.88. The number of aromatic amines is 1. The third-order valence-electron chi connectivity index (χ3n) is 5.95. The predicted molar refractivity (Wildman–Crippen MR) is 97.4 cm³/mol. The van der Waals surface area contributed by atoms with Crippen molar-refractivity contribution in [3.8, 4) is 0 Å². The molecule has 0 amide bonds. The molecule has 0 unspecified atom stereocenters. The Balaban J connectivity index is 1.89. The summed E-state index contributed by atoms with van der Waals surface area (Å²) < 4.78 is 24.7. The fraction of sp³-hybridized carbons (Fsp3) is 0.579. The first-order valence-corrected chi connectivity index (χ1v) is 10.9. The molecule has 1 saturated carbocycles. The molecule has 2 aromatic rings. The van der Waals surface area contributed by atoms with Crippen LogP contribution in [-0.2, 0) is 16.3 Å². The van der Waals surface area contributed by atoms with Gasteiger partial charge >= 0.3 is 0 Å². The number of hydrogen-bond donors (Lipinski definition) is 1. The van der Waals surface area contributed by atoms with Gasteiger partial charge in [0.2, 0.25) is 0 Å². The van der Waals surface area contributed by atoms with E-state index in [9.17, 15) is 8.42 Å². The number of benzene rings is 1. The van der Waals surface area contributed by atoms with Gasteiger partial charge in [0.1, 0.15) is 0 Å². The van der Waals surface area contributed by atoms with E-state index in [4.69, 9.17) is 0 Å². The quantitative estimate of drug-likeness (QED) is 0.922. The van der Waals surface area contributed by atoms with Gasteiger partial charge in [0, 0.05) is 28.9 Å². The van der Waals surface area contributed by atoms with Crippen LogP contribution >= 0.6 is 0 Å². The second-order valence-corrected chi connectivity index (χ2v) is 9.56. The molecule has 1 N–H and O–H groups in total. The fourth-order valence-electron chi connectivity index (χ4n) is 4.34. The first-order chi connectivity index (χ1) is 11.4. The van der Waals surface area contributed by atoms with Gasteiger partial charge in [-0.15, -0.1) is 0 Å². The zero-order valence-electron chi connectivity index (χ0n) is 14.5. The number of rotatable bonds is 4. The smallest absolute Gasteiger partial charge is 0.176 e. The van der Waals surface area contributed by atoms with Crippen molar-refractivity contribution in [2.75, 3.05) is 19.8 Å². The zero-order chi connectivity index (χ0) is 16.9. The van der Waals surface area contributed by atoms with Crippen molar-refractivity contribution in [2.24, 2.45) is 0 Å². The van der Waals surface area contributed by atoms with Crippen LogP contribution in [0.4, 0.5) is 0 Å². The number of hydrogen-bond acceptors (Lipinski definition) is 3. The lowest BCUT2D eigenvalue weighted by atomic mass is 9.80. The van der Waals surface area contributed by atoms with Gasteiger partial charge in [-0.1, -0.05) is 12.5 Å². The second-order valence-electron chi connectivity index (χ2n) is 7.58. The van der Waals surface area contributed by atoms with Crippen LogP contribution in [-0.4, -0.2) is 44.2 Å². The minimum absolute atomic E-state index is 0.484. The maximum atomic E-state index is 12.3. The van der Waals surface area contributed by atoms with Crippen LogP contribution in [0.1, 0.15) is 49.3 Å². The number of nitrogens with one attached hydrogen (secondary N) is 1. The van der Waals surface area contributed by atoms with E-state index >= 15 is 0 Å². The van der Waals surface area contributed by atoms with E-state index in [1.54, 1.807) is 6.07 Å². The highest BCUT2D eigenvalue weighted by atomic mass is 32.2. The molecule has 1 aliphatic carbocycles. The molecule has 1 saturated heterocycles. The van der Waals surface area contributed by atoms with Crippen LogP contribution < -0.4 is 0 Å². The van der Waals surface area contributed by atoms with Crippen LogP contribution in [0, 0.1) is 0 Å². The molecular weight excluding hydrogens is 320 g/mol. The zero-order valence-corrected chi connectivity index (χ0v) is 15.3. The molecule has 2 fully saturated rings. The summed E-state index contributed by atoms with van der Waals surface area (Å²) >= 11 is 0. The Morgan fingerprint density at radius 2 is 2.00 bits per heavy atom. The molecule has 1 atom stereocenters. The maximum absolute atomic E-state index is 12.3. The number of fused-ring (bicyclic) bond motifs is 1. The lowest BCUT2D eigenvalue weighted by molar-refractivity contribution is 0.308. The summed E-state index contributed by atoms with van der Waals surface area (Å²) in [7, 11) is -1.05. The van der Waals surface area contributed by atoms with Gasteiger partial charge in [-0.3, -0.25) is 0 Å². The molecular formula is C19H26N2O2S. The van der Waals surface area contributed by atoms with Gasteiger partial charge in [0.15, 0.2) is 9.84 Å². The van der Waals surface area contributed by atoms with Crippen molar-refractivity contribution in [1.29, 1.82) is 0 Å². The highest BCUT2D eigenvalue weighted by Crippen LogP contribution is 2.42. The number of nitrogens with zero attached hydrogens (tertiary/aromatic N) is 1. The van der Waals surface area contributed by atoms with Crippen LogP contribution in [0.2, 0.25) is 0 Å².